The van der Waals surface area contributed by atoms with Crippen LogP contribution >= 0.6 is 0 Å². The largest absolute Gasteiger partial charge is 0.411 e. The molecule has 158 valence electrons. The molecule has 1 aliphatic carbocycles. The van der Waals surface area contributed by atoms with E-state index in [1.807, 2.05) is 0 Å². The van der Waals surface area contributed by atoms with Gasteiger partial charge in [0, 0.05) is 12.6 Å². The minimum atomic E-state index is -4.38. The summed E-state index contributed by atoms with van der Waals surface area (Å²) >= 11 is 0. The fourth-order valence-electron chi connectivity index (χ4n) is 3.07. The first-order chi connectivity index (χ1) is 13.0. The third-order valence-corrected chi connectivity index (χ3v) is 4.48. The number of nitrogens with one attached hydrogen (secondary N) is 2. The third kappa shape index (κ3) is 7.95. The van der Waals surface area contributed by atoms with E-state index in [1.54, 1.807) is 24.3 Å². The van der Waals surface area contributed by atoms with Crippen molar-refractivity contribution in [1.82, 2.24) is 10.6 Å². The van der Waals surface area contributed by atoms with E-state index in [4.69, 9.17) is 0 Å². The van der Waals surface area contributed by atoms with E-state index in [0.717, 1.165) is 0 Å². The molecule has 2 rings (SSSR count). The highest BCUT2D eigenvalue weighted by molar-refractivity contribution is 5.74. The summed E-state index contributed by atoms with van der Waals surface area (Å²) in [5.74, 6) is -1.39. The van der Waals surface area contributed by atoms with E-state index in [9.17, 15) is 31.1 Å². The number of halogens is 6. The molecule has 10 heteroatoms. The molecule has 1 fully saturated rings. The van der Waals surface area contributed by atoms with Crippen molar-refractivity contribution >= 4 is 6.03 Å². The summed E-state index contributed by atoms with van der Waals surface area (Å²) in [6.45, 7) is -1.37. The van der Waals surface area contributed by atoms with E-state index >= 15 is 0 Å². The number of urea groups is 1. The summed E-state index contributed by atoms with van der Waals surface area (Å²) in [6, 6.07) is 5.36. The van der Waals surface area contributed by atoms with Crippen LogP contribution < -0.4 is 10.6 Å². The average Bonchev–Trinajstić information content (AvgIpc) is 2.59. The van der Waals surface area contributed by atoms with Gasteiger partial charge < -0.3 is 15.4 Å². The Bertz CT molecular complexity index is 630. The molecule has 1 saturated carbocycles. The Labute approximate surface area is 158 Å². The van der Waals surface area contributed by atoms with Crippen LogP contribution in [0.2, 0.25) is 0 Å². The van der Waals surface area contributed by atoms with Gasteiger partial charge in [-0.2, -0.15) is 26.3 Å². The van der Waals surface area contributed by atoms with Gasteiger partial charge in [-0.3, -0.25) is 0 Å². The molecular weight excluding hydrogens is 390 g/mol. The Kier molecular flexibility index (Phi) is 7.56. The fourth-order valence-corrected chi connectivity index (χ4v) is 3.07. The first-order valence-corrected chi connectivity index (χ1v) is 8.86. The topological polar surface area (TPSA) is 50.4 Å². The Morgan fingerprint density at radius 3 is 2.29 bits per heavy atom. The molecule has 0 saturated heterocycles. The summed E-state index contributed by atoms with van der Waals surface area (Å²) < 4.78 is 79.0. The van der Waals surface area contributed by atoms with E-state index in [-0.39, 0.29) is 26.0 Å². The minimum Gasteiger partial charge on any atom is -0.367 e. The van der Waals surface area contributed by atoms with E-state index in [0.29, 0.717) is 24.0 Å². The normalized spacial score (nSPS) is 20.6. The summed E-state index contributed by atoms with van der Waals surface area (Å²) in [5, 5.41) is 5.14. The Morgan fingerprint density at radius 2 is 1.68 bits per heavy atom. The molecule has 2 N–H and O–H groups in total. The second kappa shape index (κ2) is 9.49. The monoisotopic (exact) mass is 412 g/mol. The first kappa shape index (κ1) is 22.3. The van der Waals surface area contributed by atoms with Gasteiger partial charge in [-0.05, 0) is 30.4 Å². The molecule has 2 amide bonds. The lowest BCUT2D eigenvalue weighted by Gasteiger charge is -2.31. The van der Waals surface area contributed by atoms with Crippen LogP contribution in [0, 0.1) is 5.92 Å². The van der Waals surface area contributed by atoms with Crippen LogP contribution in [-0.2, 0) is 17.9 Å². The predicted octanol–water partition coefficient (Wildman–Crippen LogP) is 4.69. The van der Waals surface area contributed by atoms with Gasteiger partial charge in [-0.25, -0.2) is 4.79 Å². The molecule has 28 heavy (non-hydrogen) atoms. The summed E-state index contributed by atoms with van der Waals surface area (Å²) in [7, 11) is 0. The molecule has 1 aromatic rings. The van der Waals surface area contributed by atoms with Gasteiger partial charge in [-0.15, -0.1) is 0 Å². The van der Waals surface area contributed by atoms with Crippen molar-refractivity contribution < 1.29 is 35.9 Å². The Balaban J connectivity index is 1.72. The highest BCUT2D eigenvalue weighted by Gasteiger charge is 2.42. The van der Waals surface area contributed by atoms with Gasteiger partial charge in [0.15, 0.2) is 0 Å². The molecule has 0 bridgehead atoms. The number of ether oxygens (including phenoxy) is 1. The summed E-state index contributed by atoms with van der Waals surface area (Å²) in [4.78, 5) is 11.9. The van der Waals surface area contributed by atoms with Crippen LogP contribution in [0.25, 0.3) is 0 Å². The van der Waals surface area contributed by atoms with Crippen molar-refractivity contribution in [3.8, 4) is 0 Å². The van der Waals surface area contributed by atoms with Crippen molar-refractivity contribution in [2.75, 3.05) is 6.61 Å². The zero-order chi connectivity index (χ0) is 20.8. The lowest BCUT2D eigenvalue weighted by atomic mass is 9.85. The summed E-state index contributed by atoms with van der Waals surface area (Å²) in [6.07, 6.45) is -7.75. The number of amides is 2. The zero-order valence-corrected chi connectivity index (χ0v) is 15.0. The number of rotatable bonds is 6. The second-order valence-electron chi connectivity index (χ2n) is 6.85. The number of alkyl halides is 6. The van der Waals surface area contributed by atoms with Crippen LogP contribution in [0.3, 0.4) is 0 Å². The molecule has 1 aromatic carbocycles. The minimum absolute atomic E-state index is 0.0856. The van der Waals surface area contributed by atoms with Crippen molar-refractivity contribution in [2.24, 2.45) is 5.92 Å². The maximum atomic E-state index is 12.8. The summed E-state index contributed by atoms with van der Waals surface area (Å²) in [5.41, 5.74) is 1.25. The molecular formula is C18H22F6N2O2. The van der Waals surface area contributed by atoms with Gasteiger partial charge in [0.25, 0.3) is 0 Å². The standard InChI is InChI=1S/C18H22F6N2O2/c19-17(20,21)11-28-10-13-6-4-12(5-7-13)9-25-16(27)26-15-3-1-2-14(8-15)18(22,23)24/h4-7,14-15H,1-3,8-11H2,(H2,25,26,27)/t14-,15-/m0/s1. The van der Waals surface area contributed by atoms with Crippen molar-refractivity contribution in [1.29, 1.82) is 0 Å². The SMILES string of the molecule is O=C(NCc1ccc(COCC(F)(F)F)cc1)N[C@H]1CCC[C@H](C(F)(F)F)C1. The number of carbonyl (C=O) groups is 1. The van der Waals surface area contributed by atoms with Gasteiger partial charge >= 0.3 is 18.4 Å². The maximum absolute atomic E-state index is 12.8. The molecule has 0 heterocycles. The van der Waals surface area contributed by atoms with Gasteiger partial charge in [-0.1, -0.05) is 30.7 Å². The Morgan fingerprint density at radius 1 is 1.04 bits per heavy atom. The highest BCUT2D eigenvalue weighted by Crippen LogP contribution is 2.37. The van der Waals surface area contributed by atoms with E-state index in [2.05, 4.69) is 15.4 Å². The average molecular weight is 412 g/mol. The van der Waals surface area contributed by atoms with Gasteiger partial charge in [0.1, 0.15) is 6.61 Å². The molecule has 4 nitrogen and oxygen atoms in total. The highest BCUT2D eigenvalue weighted by atomic mass is 19.4. The lowest BCUT2D eigenvalue weighted by molar-refractivity contribution is -0.183. The van der Waals surface area contributed by atoms with Crippen LogP contribution in [-0.4, -0.2) is 31.0 Å². The second-order valence-corrected chi connectivity index (χ2v) is 6.85. The molecule has 2 atom stereocenters. The number of benzene rings is 1. The van der Waals surface area contributed by atoms with E-state index in [1.165, 1.54) is 0 Å². The van der Waals surface area contributed by atoms with Crippen molar-refractivity contribution in [3.63, 3.8) is 0 Å². The fraction of sp³-hybridized carbons (Fsp3) is 0.611. The quantitative estimate of drug-likeness (QED) is 0.667. The molecule has 0 aromatic heterocycles. The Hall–Kier alpha value is -1.97. The van der Waals surface area contributed by atoms with Crippen LogP contribution in [0.15, 0.2) is 24.3 Å². The van der Waals surface area contributed by atoms with Gasteiger partial charge in [0.2, 0.25) is 0 Å². The number of carbonyl (C=O) groups excluding carboxylic acids is 1. The van der Waals surface area contributed by atoms with Crippen LogP contribution in [0.5, 0.6) is 0 Å². The lowest BCUT2D eigenvalue weighted by Crippen LogP contribution is -2.45. The van der Waals surface area contributed by atoms with Crippen LogP contribution in [0.1, 0.15) is 36.8 Å². The molecule has 0 radical (unpaired) electrons. The smallest absolute Gasteiger partial charge is 0.367 e. The zero-order valence-electron chi connectivity index (χ0n) is 15.0. The first-order valence-electron chi connectivity index (χ1n) is 8.86. The van der Waals surface area contributed by atoms with E-state index < -0.39 is 37.0 Å². The van der Waals surface area contributed by atoms with Gasteiger partial charge in [0.05, 0.1) is 12.5 Å². The molecule has 0 aliphatic heterocycles. The maximum Gasteiger partial charge on any atom is 0.411 e. The third-order valence-electron chi connectivity index (χ3n) is 4.48. The van der Waals surface area contributed by atoms with Crippen molar-refractivity contribution in [3.05, 3.63) is 35.4 Å². The number of hydrogen-bond donors (Lipinski definition) is 2. The number of hydrogen-bond acceptors (Lipinski definition) is 2. The van der Waals surface area contributed by atoms with Crippen molar-refractivity contribution in [2.45, 2.75) is 57.2 Å². The molecule has 0 unspecified atom stereocenters. The molecule has 0 spiro atoms. The predicted molar refractivity (Wildman–Crippen MR) is 89.3 cm³/mol. The van der Waals surface area contributed by atoms with Crippen LogP contribution in [0.4, 0.5) is 31.1 Å². The molecule has 1 aliphatic rings.